The number of anilines is 3. The molecule has 7 nitrogen and oxygen atoms in total. The standard InChI is InChI=1S/C23H23ClFN3O4/c1-12-9-20(21(31-4)11-17(12)24)28-22(29)13(2)26-15-5-6-18(25)19(10-15)27-23(30)16-7-8-32-14(16)3/h5-11,13,26H,1-4H3,(H,27,30)(H,28,29). The molecule has 3 aromatic rings. The van der Waals surface area contributed by atoms with E-state index in [9.17, 15) is 14.0 Å². The monoisotopic (exact) mass is 459 g/mol. The maximum atomic E-state index is 14.2. The van der Waals surface area contributed by atoms with Crippen LogP contribution in [0.2, 0.25) is 5.02 Å². The quantitative estimate of drug-likeness (QED) is 0.440. The predicted molar refractivity (Wildman–Crippen MR) is 122 cm³/mol. The molecule has 0 spiro atoms. The Morgan fingerprint density at radius 1 is 1.09 bits per heavy atom. The van der Waals surface area contributed by atoms with Gasteiger partial charge in [-0.3, -0.25) is 9.59 Å². The van der Waals surface area contributed by atoms with E-state index >= 15 is 0 Å². The summed E-state index contributed by atoms with van der Waals surface area (Å²) in [4.78, 5) is 25.0. The Hall–Kier alpha value is -3.52. The fourth-order valence-corrected chi connectivity index (χ4v) is 3.16. The van der Waals surface area contributed by atoms with Crippen molar-refractivity contribution in [2.75, 3.05) is 23.1 Å². The number of carbonyl (C=O) groups is 2. The van der Waals surface area contributed by atoms with Gasteiger partial charge in [-0.15, -0.1) is 0 Å². The number of rotatable bonds is 7. The highest BCUT2D eigenvalue weighted by atomic mass is 35.5. The van der Waals surface area contributed by atoms with Gasteiger partial charge in [0.1, 0.15) is 23.4 Å². The molecule has 0 saturated heterocycles. The zero-order chi connectivity index (χ0) is 23.4. The zero-order valence-electron chi connectivity index (χ0n) is 18.0. The molecule has 0 saturated carbocycles. The van der Waals surface area contributed by atoms with Crippen molar-refractivity contribution < 1.29 is 23.1 Å². The number of aryl methyl sites for hydroxylation is 2. The van der Waals surface area contributed by atoms with Crippen molar-refractivity contribution in [3.8, 4) is 5.75 Å². The van der Waals surface area contributed by atoms with E-state index in [1.807, 2.05) is 6.92 Å². The van der Waals surface area contributed by atoms with Gasteiger partial charge in [-0.2, -0.15) is 0 Å². The molecule has 0 bridgehead atoms. The summed E-state index contributed by atoms with van der Waals surface area (Å²) < 4.78 is 24.6. The fraction of sp³-hybridized carbons (Fsp3) is 0.217. The van der Waals surface area contributed by atoms with Crippen molar-refractivity contribution in [1.29, 1.82) is 0 Å². The van der Waals surface area contributed by atoms with Crippen LogP contribution in [0.4, 0.5) is 21.5 Å². The Morgan fingerprint density at radius 2 is 1.84 bits per heavy atom. The number of halogens is 2. The van der Waals surface area contributed by atoms with E-state index in [4.69, 9.17) is 20.8 Å². The molecule has 32 heavy (non-hydrogen) atoms. The number of hydrogen-bond donors (Lipinski definition) is 3. The second kappa shape index (κ2) is 9.74. The summed E-state index contributed by atoms with van der Waals surface area (Å²) in [6.45, 7) is 5.11. The van der Waals surface area contributed by atoms with Crippen molar-refractivity contribution in [2.24, 2.45) is 0 Å². The van der Waals surface area contributed by atoms with Crippen LogP contribution in [0.15, 0.2) is 47.1 Å². The maximum absolute atomic E-state index is 14.2. The van der Waals surface area contributed by atoms with Gasteiger partial charge in [0.25, 0.3) is 5.91 Å². The van der Waals surface area contributed by atoms with Crippen molar-refractivity contribution in [3.63, 3.8) is 0 Å². The first kappa shape index (κ1) is 23.1. The topological polar surface area (TPSA) is 92.6 Å². The van der Waals surface area contributed by atoms with E-state index in [0.29, 0.717) is 33.5 Å². The Bertz CT molecular complexity index is 1160. The van der Waals surface area contributed by atoms with Crippen molar-refractivity contribution >= 4 is 40.5 Å². The lowest BCUT2D eigenvalue weighted by Gasteiger charge is -2.18. The minimum absolute atomic E-state index is 0.0248. The molecule has 0 fully saturated rings. The van der Waals surface area contributed by atoms with Gasteiger partial charge in [0, 0.05) is 16.8 Å². The third-order valence-corrected chi connectivity index (χ3v) is 5.24. The molecule has 2 aromatic carbocycles. The van der Waals surface area contributed by atoms with Crippen LogP contribution in [-0.2, 0) is 4.79 Å². The molecule has 168 valence electrons. The Morgan fingerprint density at radius 3 is 2.50 bits per heavy atom. The summed E-state index contributed by atoms with van der Waals surface area (Å²) in [5.74, 6) is -0.585. The molecule has 3 N–H and O–H groups in total. The van der Waals surface area contributed by atoms with Crippen molar-refractivity contribution in [2.45, 2.75) is 26.8 Å². The number of ether oxygens (including phenoxy) is 1. The molecule has 1 unspecified atom stereocenters. The largest absolute Gasteiger partial charge is 0.495 e. The molecule has 1 heterocycles. The van der Waals surface area contributed by atoms with E-state index in [1.165, 1.54) is 37.6 Å². The van der Waals surface area contributed by atoms with Gasteiger partial charge < -0.3 is 25.1 Å². The number of furan rings is 1. The summed E-state index contributed by atoms with van der Waals surface area (Å²) >= 11 is 6.10. The molecule has 2 amide bonds. The SMILES string of the molecule is COc1cc(Cl)c(C)cc1NC(=O)C(C)Nc1ccc(F)c(NC(=O)c2ccoc2C)c1. The molecule has 3 rings (SSSR count). The molecule has 0 radical (unpaired) electrons. The molecular weight excluding hydrogens is 437 g/mol. The minimum Gasteiger partial charge on any atom is -0.495 e. The molecule has 9 heteroatoms. The lowest BCUT2D eigenvalue weighted by molar-refractivity contribution is -0.116. The number of carbonyl (C=O) groups excluding carboxylic acids is 2. The normalized spacial score (nSPS) is 11.6. The van der Waals surface area contributed by atoms with Crippen molar-refractivity contribution in [3.05, 3.63) is 70.4 Å². The van der Waals surface area contributed by atoms with E-state index in [1.54, 1.807) is 26.0 Å². The lowest BCUT2D eigenvalue weighted by Crippen LogP contribution is -2.32. The maximum Gasteiger partial charge on any atom is 0.259 e. The highest BCUT2D eigenvalue weighted by Gasteiger charge is 2.18. The first-order valence-corrected chi connectivity index (χ1v) is 10.1. The lowest BCUT2D eigenvalue weighted by atomic mass is 10.2. The average Bonchev–Trinajstić information content (AvgIpc) is 3.18. The summed E-state index contributed by atoms with van der Waals surface area (Å²) in [6, 6.07) is 8.27. The summed E-state index contributed by atoms with van der Waals surface area (Å²) in [6.07, 6.45) is 1.38. The number of benzene rings is 2. The second-order valence-corrected chi connectivity index (χ2v) is 7.60. The number of amides is 2. The van der Waals surface area contributed by atoms with Gasteiger partial charge in [-0.1, -0.05) is 11.6 Å². The number of nitrogens with one attached hydrogen (secondary N) is 3. The highest BCUT2D eigenvalue weighted by molar-refractivity contribution is 6.31. The van der Waals surface area contributed by atoms with Crippen LogP contribution in [0.3, 0.4) is 0 Å². The molecular formula is C23H23ClFN3O4. The van der Waals surface area contributed by atoms with Crippen LogP contribution in [0.5, 0.6) is 5.75 Å². The van der Waals surface area contributed by atoms with Gasteiger partial charge in [0.2, 0.25) is 5.91 Å². The van der Waals surface area contributed by atoms with Crippen LogP contribution in [0.1, 0.15) is 28.6 Å². The smallest absolute Gasteiger partial charge is 0.259 e. The van der Waals surface area contributed by atoms with E-state index < -0.39 is 17.8 Å². The van der Waals surface area contributed by atoms with Crippen LogP contribution in [0.25, 0.3) is 0 Å². The molecule has 0 aliphatic rings. The molecule has 0 aliphatic heterocycles. The third-order valence-electron chi connectivity index (χ3n) is 4.83. The van der Waals surface area contributed by atoms with E-state index in [2.05, 4.69) is 16.0 Å². The van der Waals surface area contributed by atoms with Crippen LogP contribution in [-0.4, -0.2) is 25.0 Å². The average molecular weight is 460 g/mol. The Labute approximate surface area is 189 Å². The van der Waals surface area contributed by atoms with E-state index in [0.717, 1.165) is 5.56 Å². The molecule has 1 aromatic heterocycles. The third kappa shape index (κ3) is 5.20. The van der Waals surface area contributed by atoms with Gasteiger partial charge in [-0.05, 0) is 56.7 Å². The summed E-state index contributed by atoms with van der Waals surface area (Å²) in [7, 11) is 1.48. The van der Waals surface area contributed by atoms with Gasteiger partial charge in [-0.25, -0.2) is 4.39 Å². The first-order chi connectivity index (χ1) is 15.2. The van der Waals surface area contributed by atoms with Crippen molar-refractivity contribution in [1.82, 2.24) is 0 Å². The van der Waals surface area contributed by atoms with Gasteiger partial charge in [0.15, 0.2) is 0 Å². The Balaban J connectivity index is 1.71. The minimum atomic E-state index is -0.680. The molecule has 0 aliphatic carbocycles. The number of hydrogen-bond acceptors (Lipinski definition) is 5. The summed E-state index contributed by atoms with van der Waals surface area (Å²) in [5, 5.41) is 8.83. The Kier molecular flexibility index (Phi) is 7.05. The summed E-state index contributed by atoms with van der Waals surface area (Å²) in [5.41, 5.74) is 2.00. The van der Waals surface area contributed by atoms with Gasteiger partial charge >= 0.3 is 0 Å². The second-order valence-electron chi connectivity index (χ2n) is 7.20. The zero-order valence-corrected chi connectivity index (χ0v) is 18.8. The number of methoxy groups -OCH3 is 1. The fourth-order valence-electron chi connectivity index (χ4n) is 3.01. The van der Waals surface area contributed by atoms with Gasteiger partial charge in [0.05, 0.1) is 30.3 Å². The predicted octanol–water partition coefficient (Wildman–Crippen LogP) is 5.39. The van der Waals surface area contributed by atoms with Crippen LogP contribution in [0, 0.1) is 19.7 Å². The first-order valence-electron chi connectivity index (χ1n) is 9.76. The highest BCUT2D eigenvalue weighted by Crippen LogP contribution is 2.31. The van der Waals surface area contributed by atoms with E-state index in [-0.39, 0.29) is 11.6 Å². The molecule has 1 atom stereocenters. The van der Waals surface area contributed by atoms with Crippen LogP contribution >= 0.6 is 11.6 Å². The van der Waals surface area contributed by atoms with Crippen LogP contribution < -0.4 is 20.7 Å².